The van der Waals surface area contributed by atoms with Crippen LogP contribution in [0, 0.1) is 0 Å². The van der Waals surface area contributed by atoms with Gasteiger partial charge in [-0.3, -0.25) is 4.79 Å². The molecule has 0 amide bonds. The number of halogens is 3. The number of benzene rings is 1. The first-order valence-electron chi connectivity index (χ1n) is 6.51. The first kappa shape index (κ1) is 17.5. The molecule has 7 heteroatoms. The predicted molar refractivity (Wildman–Crippen MR) is 70.5 cm³/mol. The summed E-state index contributed by atoms with van der Waals surface area (Å²) in [6.07, 6.45) is -5.41. The molecule has 0 fully saturated rings. The predicted octanol–water partition coefficient (Wildman–Crippen LogP) is 2.28. The van der Waals surface area contributed by atoms with Crippen LogP contribution in [0.3, 0.4) is 0 Å². The van der Waals surface area contributed by atoms with Crippen molar-refractivity contribution in [3.05, 3.63) is 35.4 Å². The van der Waals surface area contributed by atoms with Crippen LogP contribution in [-0.2, 0) is 15.7 Å². The van der Waals surface area contributed by atoms with E-state index in [2.05, 4.69) is 5.32 Å². The number of ether oxygens (including phenoxy) is 1. The Balaban J connectivity index is 2.56. The monoisotopic (exact) mass is 305 g/mol. The molecule has 1 aromatic carbocycles. The molecule has 0 saturated heterocycles. The van der Waals surface area contributed by atoms with E-state index in [4.69, 9.17) is 4.74 Å². The van der Waals surface area contributed by atoms with Crippen molar-refractivity contribution in [3.8, 4) is 0 Å². The second kappa shape index (κ2) is 7.42. The zero-order valence-corrected chi connectivity index (χ0v) is 11.8. The highest BCUT2D eigenvalue weighted by Gasteiger charge is 2.30. The Bertz CT molecular complexity index is 460. The van der Waals surface area contributed by atoms with Crippen LogP contribution in [0.5, 0.6) is 0 Å². The maximum Gasteiger partial charge on any atom is 0.416 e. The Hall–Kier alpha value is -1.60. The SMILES string of the molecule is CCOC(=O)C(C)NCC(O)c1ccc(C(F)(F)F)cc1. The van der Waals surface area contributed by atoms with Crippen molar-refractivity contribution in [1.29, 1.82) is 0 Å². The van der Waals surface area contributed by atoms with E-state index < -0.39 is 29.9 Å². The third-order valence-electron chi connectivity index (χ3n) is 2.88. The van der Waals surface area contributed by atoms with Crippen molar-refractivity contribution >= 4 is 5.97 Å². The van der Waals surface area contributed by atoms with Crippen molar-refractivity contribution in [2.45, 2.75) is 32.2 Å². The quantitative estimate of drug-likeness (QED) is 0.792. The molecule has 0 aliphatic heterocycles. The molecule has 4 nitrogen and oxygen atoms in total. The van der Waals surface area contributed by atoms with Gasteiger partial charge in [0, 0.05) is 6.54 Å². The number of aliphatic hydroxyl groups excluding tert-OH is 1. The highest BCUT2D eigenvalue weighted by Crippen LogP contribution is 2.29. The molecule has 2 N–H and O–H groups in total. The molecule has 2 atom stereocenters. The number of rotatable bonds is 6. The molecule has 0 radical (unpaired) electrons. The van der Waals surface area contributed by atoms with Crippen LogP contribution in [0.2, 0.25) is 0 Å². The van der Waals surface area contributed by atoms with Crippen LogP contribution in [0.1, 0.15) is 31.1 Å². The van der Waals surface area contributed by atoms with Crippen molar-refractivity contribution in [2.75, 3.05) is 13.2 Å². The Kier molecular flexibility index (Phi) is 6.17. The molecule has 0 aliphatic rings. The largest absolute Gasteiger partial charge is 0.465 e. The molecule has 0 aliphatic carbocycles. The summed E-state index contributed by atoms with van der Waals surface area (Å²) in [7, 11) is 0. The van der Waals surface area contributed by atoms with Gasteiger partial charge < -0.3 is 15.2 Å². The van der Waals surface area contributed by atoms with Crippen molar-refractivity contribution in [2.24, 2.45) is 0 Å². The zero-order valence-electron chi connectivity index (χ0n) is 11.8. The van der Waals surface area contributed by atoms with Crippen molar-refractivity contribution in [1.82, 2.24) is 5.32 Å². The number of alkyl halides is 3. The summed E-state index contributed by atoms with van der Waals surface area (Å²) < 4.78 is 42.0. The normalized spacial score (nSPS) is 14.6. The van der Waals surface area contributed by atoms with Gasteiger partial charge in [0.25, 0.3) is 0 Å². The van der Waals surface area contributed by atoms with E-state index in [-0.39, 0.29) is 13.2 Å². The van der Waals surface area contributed by atoms with Crippen LogP contribution in [0.15, 0.2) is 24.3 Å². The Morgan fingerprint density at radius 2 is 1.90 bits per heavy atom. The van der Waals surface area contributed by atoms with Crippen LogP contribution in [0.25, 0.3) is 0 Å². The number of carbonyl (C=O) groups is 1. The van der Waals surface area contributed by atoms with Gasteiger partial charge >= 0.3 is 12.1 Å². The number of esters is 1. The van der Waals surface area contributed by atoms with Gasteiger partial charge in [0.1, 0.15) is 6.04 Å². The van der Waals surface area contributed by atoms with Gasteiger partial charge in [-0.1, -0.05) is 12.1 Å². The minimum Gasteiger partial charge on any atom is -0.465 e. The fraction of sp³-hybridized carbons (Fsp3) is 0.500. The smallest absolute Gasteiger partial charge is 0.416 e. The fourth-order valence-corrected chi connectivity index (χ4v) is 1.65. The molecular weight excluding hydrogens is 287 g/mol. The van der Waals surface area contributed by atoms with Crippen molar-refractivity contribution < 1.29 is 27.8 Å². The average molecular weight is 305 g/mol. The minimum absolute atomic E-state index is 0.0331. The van der Waals surface area contributed by atoms with E-state index in [1.165, 1.54) is 12.1 Å². The van der Waals surface area contributed by atoms with Gasteiger partial charge in [-0.05, 0) is 31.5 Å². The maximum absolute atomic E-state index is 12.4. The number of aliphatic hydroxyl groups is 1. The molecule has 0 heterocycles. The zero-order chi connectivity index (χ0) is 16.0. The standard InChI is InChI=1S/C14H18F3NO3/c1-3-21-13(20)9(2)18-8-12(19)10-4-6-11(7-5-10)14(15,16)17/h4-7,9,12,18-19H,3,8H2,1-2H3. The summed E-state index contributed by atoms with van der Waals surface area (Å²) >= 11 is 0. The van der Waals surface area contributed by atoms with Crippen LogP contribution in [-0.4, -0.2) is 30.3 Å². The van der Waals surface area contributed by atoms with E-state index >= 15 is 0 Å². The molecule has 0 bridgehead atoms. The van der Waals surface area contributed by atoms with Crippen LogP contribution < -0.4 is 5.32 Å². The lowest BCUT2D eigenvalue weighted by atomic mass is 10.1. The summed E-state index contributed by atoms with van der Waals surface area (Å²) in [5.41, 5.74) is -0.433. The highest BCUT2D eigenvalue weighted by atomic mass is 19.4. The molecule has 1 aromatic rings. The molecule has 0 aromatic heterocycles. The summed E-state index contributed by atoms with van der Waals surface area (Å²) in [5, 5.41) is 12.6. The van der Waals surface area contributed by atoms with E-state index in [1.807, 2.05) is 0 Å². The third kappa shape index (κ3) is 5.35. The van der Waals surface area contributed by atoms with Gasteiger partial charge in [0.15, 0.2) is 0 Å². The number of hydrogen-bond donors (Lipinski definition) is 2. The topological polar surface area (TPSA) is 58.6 Å². The van der Waals surface area contributed by atoms with Gasteiger partial charge in [0.2, 0.25) is 0 Å². The van der Waals surface area contributed by atoms with Gasteiger partial charge in [-0.2, -0.15) is 13.2 Å². The second-order valence-electron chi connectivity index (χ2n) is 4.52. The molecule has 118 valence electrons. The summed E-state index contributed by atoms with van der Waals surface area (Å²) in [5.74, 6) is -0.447. The van der Waals surface area contributed by atoms with E-state index in [9.17, 15) is 23.1 Å². The summed E-state index contributed by atoms with van der Waals surface area (Å²) in [6.45, 7) is 3.55. The molecule has 2 unspecified atom stereocenters. The minimum atomic E-state index is -4.40. The highest BCUT2D eigenvalue weighted by molar-refractivity contribution is 5.75. The summed E-state index contributed by atoms with van der Waals surface area (Å²) in [6, 6.07) is 3.64. The van der Waals surface area contributed by atoms with Crippen molar-refractivity contribution in [3.63, 3.8) is 0 Å². The first-order chi connectivity index (χ1) is 9.75. The lowest BCUT2D eigenvalue weighted by Crippen LogP contribution is -2.37. The molecular formula is C14H18F3NO3. The van der Waals surface area contributed by atoms with Gasteiger partial charge in [0.05, 0.1) is 18.3 Å². The summed E-state index contributed by atoms with van der Waals surface area (Å²) in [4.78, 5) is 11.4. The van der Waals surface area contributed by atoms with Gasteiger partial charge in [-0.15, -0.1) is 0 Å². The second-order valence-corrected chi connectivity index (χ2v) is 4.52. The van der Waals surface area contributed by atoms with E-state index in [0.717, 1.165) is 12.1 Å². The third-order valence-corrected chi connectivity index (χ3v) is 2.88. The molecule has 0 saturated carbocycles. The molecule has 21 heavy (non-hydrogen) atoms. The van der Waals surface area contributed by atoms with E-state index in [1.54, 1.807) is 13.8 Å². The number of carbonyl (C=O) groups excluding carboxylic acids is 1. The lowest BCUT2D eigenvalue weighted by Gasteiger charge is -2.17. The number of nitrogens with one attached hydrogen (secondary N) is 1. The Labute approximate surface area is 120 Å². The molecule has 1 rings (SSSR count). The van der Waals surface area contributed by atoms with Crippen LogP contribution in [0.4, 0.5) is 13.2 Å². The van der Waals surface area contributed by atoms with E-state index in [0.29, 0.717) is 5.56 Å². The molecule has 0 spiro atoms. The van der Waals surface area contributed by atoms with Crippen LogP contribution >= 0.6 is 0 Å². The average Bonchev–Trinajstić information content (AvgIpc) is 2.43. The maximum atomic E-state index is 12.4. The number of hydrogen-bond acceptors (Lipinski definition) is 4. The fourth-order valence-electron chi connectivity index (χ4n) is 1.65. The Morgan fingerprint density at radius 3 is 2.38 bits per heavy atom. The van der Waals surface area contributed by atoms with Gasteiger partial charge in [-0.25, -0.2) is 0 Å². The lowest BCUT2D eigenvalue weighted by molar-refractivity contribution is -0.145. The first-order valence-corrected chi connectivity index (χ1v) is 6.51. The Morgan fingerprint density at radius 1 is 1.33 bits per heavy atom.